The van der Waals surface area contributed by atoms with Crippen LogP contribution in [0.5, 0.6) is 5.75 Å². The number of halogens is 1. The third-order valence-corrected chi connectivity index (χ3v) is 5.21. The third kappa shape index (κ3) is 2.69. The Morgan fingerprint density at radius 1 is 1.58 bits per heavy atom. The highest BCUT2D eigenvalue weighted by molar-refractivity contribution is 9.10. The van der Waals surface area contributed by atoms with Crippen molar-refractivity contribution in [1.29, 1.82) is 5.26 Å². The summed E-state index contributed by atoms with van der Waals surface area (Å²) in [7, 11) is -3.64. The number of fused-ring (bicyclic) bond motifs is 1. The van der Waals surface area contributed by atoms with E-state index in [4.69, 9.17) is 10.00 Å². The SMILES string of the molecule is Cc1cc2c(cc1Br)N(S(=O)(=O)CC#N)C[C@@H](C)O2. The minimum absolute atomic E-state index is 0.215. The van der Waals surface area contributed by atoms with Crippen LogP contribution in [0, 0.1) is 18.3 Å². The van der Waals surface area contributed by atoms with E-state index >= 15 is 0 Å². The van der Waals surface area contributed by atoms with Crippen LogP contribution < -0.4 is 9.04 Å². The van der Waals surface area contributed by atoms with E-state index in [0.717, 1.165) is 10.0 Å². The molecule has 7 heteroatoms. The van der Waals surface area contributed by atoms with E-state index in [9.17, 15) is 8.42 Å². The average molecular weight is 345 g/mol. The molecule has 0 spiro atoms. The quantitative estimate of drug-likeness (QED) is 0.824. The lowest BCUT2D eigenvalue weighted by Gasteiger charge is -2.34. The van der Waals surface area contributed by atoms with Gasteiger partial charge in [-0.3, -0.25) is 4.31 Å². The van der Waals surface area contributed by atoms with Crippen molar-refractivity contribution in [3.8, 4) is 11.8 Å². The van der Waals surface area contributed by atoms with Crippen molar-refractivity contribution in [2.75, 3.05) is 16.6 Å². The summed E-state index contributed by atoms with van der Waals surface area (Å²) in [5.41, 5.74) is 1.44. The monoisotopic (exact) mass is 344 g/mol. The van der Waals surface area contributed by atoms with E-state index in [1.165, 1.54) is 4.31 Å². The number of anilines is 1. The molecular formula is C12H13BrN2O3S. The van der Waals surface area contributed by atoms with Gasteiger partial charge in [0.1, 0.15) is 11.9 Å². The Morgan fingerprint density at radius 3 is 2.89 bits per heavy atom. The van der Waals surface area contributed by atoms with Gasteiger partial charge in [0.2, 0.25) is 10.0 Å². The van der Waals surface area contributed by atoms with Crippen LogP contribution in [-0.4, -0.2) is 26.8 Å². The first kappa shape index (κ1) is 14.2. The molecule has 0 N–H and O–H groups in total. The average Bonchev–Trinajstić information content (AvgIpc) is 2.30. The smallest absolute Gasteiger partial charge is 0.248 e. The minimum Gasteiger partial charge on any atom is -0.487 e. The topological polar surface area (TPSA) is 70.4 Å². The van der Waals surface area contributed by atoms with E-state index in [-0.39, 0.29) is 12.6 Å². The second kappa shape index (κ2) is 5.02. The standard InChI is InChI=1S/C12H13BrN2O3S/c1-8-5-12-11(6-10(8)13)15(7-9(2)18-12)19(16,17)4-3-14/h5-6,9H,4,7H2,1-2H3/t9-/m1/s1. The van der Waals surface area contributed by atoms with Gasteiger partial charge in [-0.2, -0.15) is 5.26 Å². The van der Waals surface area contributed by atoms with Crippen molar-refractivity contribution in [3.63, 3.8) is 0 Å². The van der Waals surface area contributed by atoms with Crippen LogP contribution in [0.1, 0.15) is 12.5 Å². The predicted octanol–water partition coefficient (Wildman–Crippen LogP) is 2.20. The molecule has 0 radical (unpaired) electrons. The molecular weight excluding hydrogens is 332 g/mol. The fraction of sp³-hybridized carbons (Fsp3) is 0.417. The highest BCUT2D eigenvalue weighted by atomic mass is 79.9. The van der Waals surface area contributed by atoms with Gasteiger partial charge in [-0.1, -0.05) is 15.9 Å². The number of sulfonamides is 1. The van der Waals surface area contributed by atoms with Gasteiger partial charge in [-0.25, -0.2) is 8.42 Å². The van der Waals surface area contributed by atoms with E-state index in [1.807, 2.05) is 6.92 Å². The predicted molar refractivity (Wildman–Crippen MR) is 75.7 cm³/mol. The molecule has 1 aromatic carbocycles. The zero-order valence-corrected chi connectivity index (χ0v) is 13.0. The summed E-state index contributed by atoms with van der Waals surface area (Å²) in [5.74, 6) is -0.00838. The van der Waals surface area contributed by atoms with Crippen molar-refractivity contribution in [1.82, 2.24) is 0 Å². The van der Waals surface area contributed by atoms with Gasteiger partial charge < -0.3 is 4.74 Å². The maximum absolute atomic E-state index is 12.1. The lowest BCUT2D eigenvalue weighted by atomic mass is 10.2. The molecule has 0 saturated heterocycles. The Labute approximate surface area is 121 Å². The highest BCUT2D eigenvalue weighted by Crippen LogP contribution is 2.39. The van der Waals surface area contributed by atoms with Crippen LogP contribution >= 0.6 is 15.9 Å². The molecule has 1 aromatic rings. The first-order chi connectivity index (χ1) is 8.85. The van der Waals surface area contributed by atoms with Crippen molar-refractivity contribution in [2.24, 2.45) is 0 Å². The van der Waals surface area contributed by atoms with Gasteiger partial charge in [0, 0.05) is 4.47 Å². The van der Waals surface area contributed by atoms with Crippen LogP contribution in [-0.2, 0) is 10.0 Å². The minimum atomic E-state index is -3.64. The Bertz CT molecular complexity index is 652. The summed E-state index contributed by atoms with van der Waals surface area (Å²) in [6.45, 7) is 3.92. The van der Waals surface area contributed by atoms with Crippen LogP contribution in [0.25, 0.3) is 0 Å². The highest BCUT2D eigenvalue weighted by Gasteiger charge is 2.32. The summed E-state index contributed by atoms with van der Waals surface area (Å²) in [4.78, 5) is 0. The molecule has 0 fully saturated rings. The number of ether oxygens (including phenoxy) is 1. The number of rotatable bonds is 2. The van der Waals surface area contributed by atoms with Gasteiger partial charge in [-0.15, -0.1) is 0 Å². The second-order valence-electron chi connectivity index (χ2n) is 4.44. The molecule has 19 heavy (non-hydrogen) atoms. The molecule has 0 amide bonds. The van der Waals surface area contributed by atoms with Crippen molar-refractivity contribution >= 4 is 31.6 Å². The third-order valence-electron chi connectivity index (χ3n) is 2.84. The summed E-state index contributed by atoms with van der Waals surface area (Å²) >= 11 is 3.38. The van der Waals surface area contributed by atoms with E-state index in [1.54, 1.807) is 25.1 Å². The molecule has 5 nitrogen and oxygen atoms in total. The number of hydrogen-bond donors (Lipinski definition) is 0. The normalized spacial score (nSPS) is 18.4. The van der Waals surface area contributed by atoms with Crippen LogP contribution in [0.2, 0.25) is 0 Å². The molecule has 1 aliphatic heterocycles. The molecule has 0 unspecified atom stereocenters. The van der Waals surface area contributed by atoms with E-state index in [0.29, 0.717) is 11.4 Å². The van der Waals surface area contributed by atoms with Crippen LogP contribution in [0.3, 0.4) is 0 Å². The zero-order chi connectivity index (χ0) is 14.2. The summed E-state index contributed by atoms with van der Waals surface area (Å²) in [6, 6.07) is 5.20. The summed E-state index contributed by atoms with van der Waals surface area (Å²) in [6.07, 6.45) is -0.249. The summed E-state index contributed by atoms with van der Waals surface area (Å²) in [5, 5.41) is 8.65. The number of nitriles is 1. The lowest BCUT2D eigenvalue weighted by molar-refractivity contribution is 0.219. The number of hydrogen-bond acceptors (Lipinski definition) is 4. The Kier molecular flexibility index (Phi) is 3.74. The Balaban J connectivity index is 2.56. The first-order valence-corrected chi connectivity index (χ1v) is 8.09. The van der Waals surface area contributed by atoms with Crippen LogP contribution in [0.15, 0.2) is 16.6 Å². The van der Waals surface area contributed by atoms with Gasteiger partial charge in [0.25, 0.3) is 0 Å². The zero-order valence-electron chi connectivity index (χ0n) is 10.6. The molecule has 1 atom stereocenters. The number of aryl methyl sites for hydroxylation is 1. The van der Waals surface area contributed by atoms with Crippen LogP contribution in [0.4, 0.5) is 5.69 Å². The molecule has 0 saturated carbocycles. The lowest BCUT2D eigenvalue weighted by Crippen LogP contribution is -2.43. The van der Waals surface area contributed by atoms with Crippen molar-refractivity contribution in [2.45, 2.75) is 20.0 Å². The van der Waals surface area contributed by atoms with E-state index in [2.05, 4.69) is 15.9 Å². The Hall–Kier alpha value is -1.26. The first-order valence-electron chi connectivity index (χ1n) is 5.69. The van der Waals surface area contributed by atoms with E-state index < -0.39 is 15.8 Å². The second-order valence-corrected chi connectivity index (χ2v) is 7.19. The largest absolute Gasteiger partial charge is 0.487 e. The number of benzene rings is 1. The molecule has 0 aliphatic carbocycles. The van der Waals surface area contributed by atoms with Gasteiger partial charge in [0.15, 0.2) is 5.75 Å². The molecule has 0 bridgehead atoms. The number of nitrogens with zero attached hydrogens (tertiary/aromatic N) is 2. The van der Waals surface area contributed by atoms with Crippen molar-refractivity contribution < 1.29 is 13.2 Å². The molecule has 0 aromatic heterocycles. The van der Waals surface area contributed by atoms with Gasteiger partial charge in [0.05, 0.1) is 18.3 Å². The molecule has 2 rings (SSSR count). The fourth-order valence-electron chi connectivity index (χ4n) is 1.94. The Morgan fingerprint density at radius 2 is 2.26 bits per heavy atom. The maximum Gasteiger partial charge on any atom is 0.248 e. The molecule has 1 aliphatic rings. The molecule has 102 valence electrons. The van der Waals surface area contributed by atoms with Gasteiger partial charge in [-0.05, 0) is 31.5 Å². The molecule has 1 heterocycles. The maximum atomic E-state index is 12.1. The van der Waals surface area contributed by atoms with Crippen molar-refractivity contribution in [3.05, 3.63) is 22.2 Å². The summed E-state index contributed by atoms with van der Waals surface area (Å²) < 4.78 is 32.0. The van der Waals surface area contributed by atoms with Gasteiger partial charge >= 0.3 is 0 Å². The fourth-order valence-corrected chi connectivity index (χ4v) is 3.47.